The molecule has 0 amide bonds. The molecule has 0 heterocycles. The van der Waals surface area contributed by atoms with E-state index in [-0.39, 0.29) is 0 Å². The van der Waals surface area contributed by atoms with Crippen molar-refractivity contribution in [3.8, 4) is 5.75 Å². The van der Waals surface area contributed by atoms with E-state index in [0.29, 0.717) is 17.2 Å². The van der Waals surface area contributed by atoms with E-state index in [1.54, 1.807) is 7.11 Å². The second-order valence-electron chi connectivity index (χ2n) is 4.36. The Morgan fingerprint density at radius 2 is 2.17 bits per heavy atom. The van der Waals surface area contributed by atoms with E-state index in [4.69, 9.17) is 21.1 Å². The Morgan fingerprint density at radius 3 is 2.78 bits per heavy atom. The maximum Gasteiger partial charge on any atom is 0.156 e. The lowest BCUT2D eigenvalue weighted by molar-refractivity contribution is 0.00295. The monoisotopic (exact) mass is 333 g/mol. The molecule has 0 saturated heterocycles. The van der Waals surface area contributed by atoms with E-state index in [2.05, 4.69) is 21.2 Å². The van der Waals surface area contributed by atoms with E-state index in [9.17, 15) is 0 Å². The van der Waals surface area contributed by atoms with Gasteiger partial charge in [-0.15, -0.1) is 0 Å². The average molecular weight is 335 g/mol. The summed E-state index contributed by atoms with van der Waals surface area (Å²) in [6.45, 7) is 2.81. The highest BCUT2D eigenvalue weighted by molar-refractivity contribution is 9.10. The molecule has 18 heavy (non-hydrogen) atoms. The fraction of sp³-hybridized carbons (Fsp3) is 0.538. The maximum atomic E-state index is 6.05. The van der Waals surface area contributed by atoms with E-state index < -0.39 is 0 Å². The first-order valence-electron chi connectivity index (χ1n) is 6.05. The Bertz CT molecular complexity index is 422. The molecule has 0 spiro atoms. The Labute approximate surface area is 121 Å². The molecule has 1 N–H and O–H groups in total. The zero-order valence-corrected chi connectivity index (χ0v) is 12.8. The van der Waals surface area contributed by atoms with Crippen LogP contribution >= 0.6 is 27.5 Å². The van der Waals surface area contributed by atoms with Crippen LogP contribution in [0.25, 0.3) is 0 Å². The molecule has 1 aliphatic carbocycles. The summed E-state index contributed by atoms with van der Waals surface area (Å²) in [6, 6.07) is 4.15. The predicted octanol–water partition coefficient (Wildman–Crippen LogP) is 4.09. The van der Waals surface area contributed by atoms with Gasteiger partial charge in [-0.3, -0.25) is 0 Å². The van der Waals surface area contributed by atoms with Gasteiger partial charge in [-0.05, 0) is 47.8 Å². The molecule has 1 fully saturated rings. The molecule has 1 saturated carbocycles. The number of methoxy groups -OCH3 is 1. The van der Waals surface area contributed by atoms with Crippen molar-refractivity contribution in [3.05, 3.63) is 21.6 Å². The van der Waals surface area contributed by atoms with Gasteiger partial charge in [0, 0.05) is 17.7 Å². The average Bonchev–Trinajstić information content (AvgIpc) is 2.25. The Hall–Kier alpha value is -0.450. The Morgan fingerprint density at radius 1 is 1.44 bits per heavy atom. The molecule has 1 aromatic rings. The third kappa shape index (κ3) is 3.11. The topological polar surface area (TPSA) is 30.5 Å². The predicted molar refractivity (Wildman–Crippen MR) is 77.8 cm³/mol. The van der Waals surface area contributed by atoms with Gasteiger partial charge in [0.1, 0.15) is 0 Å². The number of halogens is 2. The molecule has 3 nitrogen and oxygen atoms in total. The third-order valence-electron chi connectivity index (χ3n) is 3.07. The van der Waals surface area contributed by atoms with Crippen LogP contribution in [-0.4, -0.2) is 25.9 Å². The standard InChI is InChI=1S/C13H17BrClNO2/c1-3-18-10-6-9(7-10)16-12-5-8(15)4-11(14)13(12)17-2/h4-5,9-10,16H,3,6-7H2,1-2H3. The van der Waals surface area contributed by atoms with Gasteiger partial charge in [-0.1, -0.05) is 11.6 Å². The van der Waals surface area contributed by atoms with Gasteiger partial charge in [0.2, 0.25) is 0 Å². The highest BCUT2D eigenvalue weighted by Crippen LogP contribution is 2.38. The minimum atomic E-state index is 0.390. The van der Waals surface area contributed by atoms with Gasteiger partial charge in [0.05, 0.1) is 23.4 Å². The molecule has 0 atom stereocenters. The lowest BCUT2D eigenvalue weighted by Crippen LogP contribution is -2.40. The lowest BCUT2D eigenvalue weighted by Gasteiger charge is -2.36. The van der Waals surface area contributed by atoms with Crippen LogP contribution in [0.1, 0.15) is 19.8 Å². The first-order valence-corrected chi connectivity index (χ1v) is 7.22. The molecule has 2 rings (SSSR count). The fourth-order valence-corrected chi connectivity index (χ4v) is 3.12. The van der Waals surface area contributed by atoms with Gasteiger partial charge >= 0.3 is 0 Å². The molecule has 0 aliphatic heterocycles. The van der Waals surface area contributed by atoms with Crippen LogP contribution in [0.5, 0.6) is 5.75 Å². The fourth-order valence-electron chi connectivity index (χ4n) is 2.15. The molecule has 0 unspecified atom stereocenters. The smallest absolute Gasteiger partial charge is 0.156 e. The molecule has 0 radical (unpaired) electrons. The number of hydrogen-bond donors (Lipinski definition) is 1. The minimum Gasteiger partial charge on any atom is -0.493 e. The van der Waals surface area contributed by atoms with Crippen LogP contribution in [0, 0.1) is 0 Å². The van der Waals surface area contributed by atoms with Crippen molar-refractivity contribution in [1.82, 2.24) is 0 Å². The highest BCUT2D eigenvalue weighted by atomic mass is 79.9. The second kappa shape index (κ2) is 6.13. The van der Waals surface area contributed by atoms with Crippen LogP contribution in [0.3, 0.4) is 0 Å². The van der Waals surface area contributed by atoms with E-state index >= 15 is 0 Å². The first-order chi connectivity index (χ1) is 8.63. The molecular formula is C13H17BrClNO2. The summed E-state index contributed by atoms with van der Waals surface area (Å²) in [5, 5.41) is 4.13. The largest absolute Gasteiger partial charge is 0.493 e. The summed E-state index contributed by atoms with van der Waals surface area (Å²) < 4.78 is 11.8. The minimum absolute atomic E-state index is 0.390. The van der Waals surface area contributed by atoms with Crippen LogP contribution in [0.4, 0.5) is 5.69 Å². The van der Waals surface area contributed by atoms with Crippen molar-refractivity contribution in [3.63, 3.8) is 0 Å². The number of rotatable bonds is 5. The van der Waals surface area contributed by atoms with Crippen molar-refractivity contribution in [2.24, 2.45) is 0 Å². The molecule has 0 bridgehead atoms. The molecule has 5 heteroatoms. The van der Waals surface area contributed by atoms with Crippen LogP contribution < -0.4 is 10.1 Å². The molecular weight excluding hydrogens is 318 g/mol. The van der Waals surface area contributed by atoms with Crippen LogP contribution in [0.15, 0.2) is 16.6 Å². The zero-order valence-electron chi connectivity index (χ0n) is 10.5. The molecule has 0 aromatic heterocycles. The first kappa shape index (κ1) is 14.0. The van der Waals surface area contributed by atoms with Crippen LogP contribution in [-0.2, 0) is 4.74 Å². The van der Waals surface area contributed by atoms with Crippen molar-refractivity contribution < 1.29 is 9.47 Å². The van der Waals surface area contributed by atoms with E-state index in [0.717, 1.165) is 35.4 Å². The van der Waals surface area contributed by atoms with E-state index in [1.165, 1.54) is 0 Å². The van der Waals surface area contributed by atoms with Gasteiger partial charge in [0.25, 0.3) is 0 Å². The zero-order chi connectivity index (χ0) is 13.1. The quantitative estimate of drug-likeness (QED) is 0.879. The number of ether oxygens (including phenoxy) is 2. The van der Waals surface area contributed by atoms with Crippen molar-refractivity contribution in [2.75, 3.05) is 19.0 Å². The molecule has 1 aliphatic rings. The van der Waals surface area contributed by atoms with Crippen molar-refractivity contribution >= 4 is 33.2 Å². The maximum absolute atomic E-state index is 6.05. The van der Waals surface area contributed by atoms with Gasteiger partial charge in [0.15, 0.2) is 5.75 Å². The van der Waals surface area contributed by atoms with Gasteiger partial charge in [-0.2, -0.15) is 0 Å². The van der Waals surface area contributed by atoms with Gasteiger partial charge in [-0.25, -0.2) is 0 Å². The third-order valence-corrected chi connectivity index (χ3v) is 3.88. The molecule has 1 aromatic carbocycles. The van der Waals surface area contributed by atoms with Crippen molar-refractivity contribution in [2.45, 2.75) is 31.9 Å². The van der Waals surface area contributed by atoms with Crippen molar-refractivity contribution in [1.29, 1.82) is 0 Å². The lowest BCUT2D eigenvalue weighted by atomic mass is 9.89. The summed E-state index contributed by atoms with van der Waals surface area (Å²) in [4.78, 5) is 0. The number of hydrogen-bond acceptors (Lipinski definition) is 3. The number of nitrogens with one attached hydrogen (secondary N) is 1. The SMILES string of the molecule is CCOC1CC(Nc2cc(Cl)cc(Br)c2OC)C1. The Balaban J connectivity index is 2.02. The second-order valence-corrected chi connectivity index (χ2v) is 5.65. The summed E-state index contributed by atoms with van der Waals surface area (Å²) in [5.41, 5.74) is 0.928. The van der Waals surface area contributed by atoms with Gasteiger partial charge < -0.3 is 14.8 Å². The normalized spacial score (nSPS) is 22.4. The van der Waals surface area contributed by atoms with E-state index in [1.807, 2.05) is 19.1 Å². The number of anilines is 1. The summed E-state index contributed by atoms with van der Waals surface area (Å²) in [5.74, 6) is 0.791. The highest BCUT2D eigenvalue weighted by Gasteiger charge is 2.30. The number of benzene rings is 1. The summed E-state index contributed by atoms with van der Waals surface area (Å²) in [7, 11) is 1.66. The van der Waals surface area contributed by atoms with Crippen LogP contribution in [0.2, 0.25) is 5.02 Å². The Kier molecular flexibility index (Phi) is 4.76. The summed E-state index contributed by atoms with van der Waals surface area (Å²) >= 11 is 9.50. The molecule has 100 valence electrons. The summed E-state index contributed by atoms with van der Waals surface area (Å²) in [6.07, 6.45) is 2.45.